The lowest BCUT2D eigenvalue weighted by Crippen LogP contribution is -1.99. The van der Waals surface area contributed by atoms with Crippen LogP contribution in [0.25, 0.3) is 16.7 Å². The number of hydrogen-bond acceptors (Lipinski definition) is 6. The maximum Gasteiger partial charge on any atom is 0.271 e. The van der Waals surface area contributed by atoms with Gasteiger partial charge in [0.15, 0.2) is 0 Å². The summed E-state index contributed by atoms with van der Waals surface area (Å²) >= 11 is 0. The fourth-order valence-electron chi connectivity index (χ4n) is 1.69. The molecule has 0 amide bonds. The number of nitrogens with two attached hydrogens (primary N) is 1. The van der Waals surface area contributed by atoms with Crippen molar-refractivity contribution in [3.05, 3.63) is 34.6 Å². The van der Waals surface area contributed by atoms with Crippen LogP contribution in [-0.2, 0) is 0 Å². The van der Waals surface area contributed by atoms with Crippen molar-refractivity contribution in [1.29, 1.82) is 0 Å². The van der Waals surface area contributed by atoms with E-state index in [9.17, 15) is 10.1 Å². The Morgan fingerprint density at radius 2 is 2.24 bits per heavy atom. The molecular formula is C9H6N6O2. The lowest BCUT2D eigenvalue weighted by atomic mass is 10.2. The molecule has 1 aromatic carbocycles. The van der Waals surface area contributed by atoms with E-state index in [4.69, 9.17) is 5.73 Å². The van der Waals surface area contributed by atoms with E-state index in [1.54, 1.807) is 10.5 Å². The SMILES string of the molecule is Nc1nc2nncn2c2cc([N+](=O)[O-])ccc12. The maximum absolute atomic E-state index is 10.7. The van der Waals surface area contributed by atoms with Gasteiger partial charge in [0.05, 0.1) is 10.4 Å². The van der Waals surface area contributed by atoms with Crippen molar-refractivity contribution in [3.63, 3.8) is 0 Å². The number of hydrogen-bond donors (Lipinski definition) is 1. The first-order chi connectivity index (χ1) is 8.16. The van der Waals surface area contributed by atoms with Crippen LogP contribution >= 0.6 is 0 Å². The molecule has 2 aromatic heterocycles. The number of aromatic nitrogens is 4. The highest BCUT2D eigenvalue weighted by atomic mass is 16.6. The van der Waals surface area contributed by atoms with Crippen molar-refractivity contribution in [2.45, 2.75) is 0 Å². The first kappa shape index (κ1) is 9.46. The summed E-state index contributed by atoms with van der Waals surface area (Å²) in [6.07, 6.45) is 1.44. The van der Waals surface area contributed by atoms with Crippen LogP contribution in [0.1, 0.15) is 0 Å². The molecule has 0 saturated heterocycles. The van der Waals surface area contributed by atoms with Crippen LogP contribution in [-0.4, -0.2) is 24.5 Å². The first-order valence-corrected chi connectivity index (χ1v) is 4.70. The van der Waals surface area contributed by atoms with Crippen LogP contribution < -0.4 is 5.73 Å². The molecular weight excluding hydrogens is 224 g/mol. The van der Waals surface area contributed by atoms with Crippen LogP contribution in [0.5, 0.6) is 0 Å². The molecule has 0 aliphatic carbocycles. The van der Waals surface area contributed by atoms with E-state index in [1.807, 2.05) is 0 Å². The molecule has 0 radical (unpaired) electrons. The van der Waals surface area contributed by atoms with Crippen molar-refractivity contribution in [1.82, 2.24) is 19.6 Å². The van der Waals surface area contributed by atoms with Crippen molar-refractivity contribution in [3.8, 4) is 0 Å². The highest BCUT2D eigenvalue weighted by Gasteiger charge is 2.12. The van der Waals surface area contributed by atoms with Gasteiger partial charge in [0.1, 0.15) is 12.1 Å². The van der Waals surface area contributed by atoms with Crippen molar-refractivity contribution in [2.75, 3.05) is 5.73 Å². The van der Waals surface area contributed by atoms with Gasteiger partial charge in [-0.05, 0) is 6.07 Å². The number of rotatable bonds is 1. The van der Waals surface area contributed by atoms with Crippen LogP contribution in [0.2, 0.25) is 0 Å². The van der Waals surface area contributed by atoms with Crippen LogP contribution in [0, 0.1) is 10.1 Å². The fourth-order valence-corrected chi connectivity index (χ4v) is 1.69. The molecule has 84 valence electrons. The predicted octanol–water partition coefficient (Wildman–Crippen LogP) is 0.768. The minimum atomic E-state index is -0.466. The lowest BCUT2D eigenvalue weighted by molar-refractivity contribution is -0.384. The molecule has 0 fully saturated rings. The average molecular weight is 230 g/mol. The second-order valence-corrected chi connectivity index (χ2v) is 3.46. The number of nitro groups is 1. The van der Waals surface area contributed by atoms with Gasteiger partial charge in [0, 0.05) is 17.5 Å². The molecule has 3 aromatic rings. The molecule has 2 N–H and O–H groups in total. The van der Waals surface area contributed by atoms with Crippen molar-refractivity contribution < 1.29 is 4.92 Å². The van der Waals surface area contributed by atoms with Gasteiger partial charge in [0.2, 0.25) is 0 Å². The molecule has 8 nitrogen and oxygen atoms in total. The van der Waals surface area contributed by atoms with Crippen LogP contribution in [0.15, 0.2) is 24.5 Å². The number of nitro benzene ring substituents is 1. The van der Waals surface area contributed by atoms with Gasteiger partial charge in [-0.1, -0.05) is 0 Å². The molecule has 2 heterocycles. The fraction of sp³-hybridized carbons (Fsp3) is 0. The minimum Gasteiger partial charge on any atom is -0.383 e. The normalized spacial score (nSPS) is 11.1. The largest absolute Gasteiger partial charge is 0.383 e. The quantitative estimate of drug-likeness (QED) is 0.488. The van der Waals surface area contributed by atoms with Gasteiger partial charge in [-0.3, -0.25) is 14.5 Å². The summed E-state index contributed by atoms with van der Waals surface area (Å²) in [4.78, 5) is 14.3. The maximum atomic E-state index is 10.7. The van der Waals surface area contributed by atoms with Gasteiger partial charge in [-0.2, -0.15) is 4.98 Å². The van der Waals surface area contributed by atoms with E-state index in [1.165, 1.54) is 18.5 Å². The zero-order chi connectivity index (χ0) is 12.0. The predicted molar refractivity (Wildman–Crippen MR) is 59.4 cm³/mol. The molecule has 0 unspecified atom stereocenters. The monoisotopic (exact) mass is 230 g/mol. The van der Waals surface area contributed by atoms with E-state index in [0.29, 0.717) is 16.7 Å². The Morgan fingerprint density at radius 1 is 1.41 bits per heavy atom. The smallest absolute Gasteiger partial charge is 0.271 e. The molecule has 17 heavy (non-hydrogen) atoms. The third kappa shape index (κ3) is 1.27. The molecule has 0 aliphatic heterocycles. The van der Waals surface area contributed by atoms with Crippen LogP contribution in [0.3, 0.4) is 0 Å². The van der Waals surface area contributed by atoms with Crippen molar-refractivity contribution >= 4 is 28.2 Å². The van der Waals surface area contributed by atoms with Gasteiger partial charge in [-0.15, -0.1) is 10.2 Å². The third-order valence-corrected chi connectivity index (χ3v) is 2.48. The number of fused-ring (bicyclic) bond motifs is 3. The molecule has 0 aliphatic rings. The molecule has 0 saturated carbocycles. The zero-order valence-electron chi connectivity index (χ0n) is 8.44. The molecule has 0 spiro atoms. The van der Waals surface area contributed by atoms with Gasteiger partial charge >= 0.3 is 0 Å². The Hall–Kier alpha value is -2.77. The Kier molecular flexibility index (Phi) is 1.73. The van der Waals surface area contributed by atoms with Gasteiger partial charge in [-0.25, -0.2) is 0 Å². The Balaban J connectivity index is 2.50. The standard InChI is InChI=1S/C9H6N6O2/c10-8-6-2-1-5(15(16)17)3-7(6)14-4-11-13-9(14)12-8/h1-4H,(H2,10,12,13). The molecule has 0 bridgehead atoms. The van der Waals surface area contributed by atoms with Gasteiger partial charge < -0.3 is 5.73 Å². The number of anilines is 1. The molecule has 3 rings (SSSR count). The average Bonchev–Trinajstić information content (AvgIpc) is 2.76. The molecule has 8 heteroatoms. The highest BCUT2D eigenvalue weighted by molar-refractivity contribution is 5.91. The molecule has 0 atom stereocenters. The third-order valence-electron chi connectivity index (χ3n) is 2.48. The second kappa shape index (κ2) is 3.11. The summed E-state index contributed by atoms with van der Waals surface area (Å²) in [6, 6.07) is 4.37. The number of nitrogens with zero attached hydrogens (tertiary/aromatic N) is 5. The summed E-state index contributed by atoms with van der Waals surface area (Å²) in [5.41, 5.74) is 6.29. The van der Waals surface area contributed by atoms with E-state index in [0.717, 1.165) is 0 Å². The summed E-state index contributed by atoms with van der Waals surface area (Å²) in [5.74, 6) is 0.589. The summed E-state index contributed by atoms with van der Waals surface area (Å²) in [6.45, 7) is 0. The summed E-state index contributed by atoms with van der Waals surface area (Å²) in [7, 11) is 0. The van der Waals surface area contributed by atoms with Gasteiger partial charge in [0.25, 0.3) is 11.5 Å². The number of non-ortho nitro benzene ring substituents is 1. The summed E-state index contributed by atoms with van der Waals surface area (Å²) < 4.78 is 1.55. The Bertz CT molecular complexity index is 750. The first-order valence-electron chi connectivity index (χ1n) is 4.70. The highest BCUT2D eigenvalue weighted by Crippen LogP contribution is 2.24. The van der Waals surface area contributed by atoms with Crippen LogP contribution in [0.4, 0.5) is 11.5 Å². The van der Waals surface area contributed by atoms with Crippen molar-refractivity contribution in [2.24, 2.45) is 0 Å². The summed E-state index contributed by atoms with van der Waals surface area (Å²) in [5, 5.41) is 18.8. The van der Waals surface area contributed by atoms with E-state index in [2.05, 4.69) is 15.2 Å². The number of nitrogen functional groups attached to an aromatic ring is 1. The number of benzene rings is 1. The topological polar surface area (TPSA) is 112 Å². The minimum absolute atomic E-state index is 0.0156. The van der Waals surface area contributed by atoms with E-state index >= 15 is 0 Å². The van der Waals surface area contributed by atoms with E-state index < -0.39 is 4.92 Å². The second-order valence-electron chi connectivity index (χ2n) is 3.46. The Labute approximate surface area is 93.9 Å². The Morgan fingerprint density at radius 3 is 3.00 bits per heavy atom. The zero-order valence-corrected chi connectivity index (χ0v) is 8.44. The van der Waals surface area contributed by atoms with E-state index in [-0.39, 0.29) is 11.5 Å². The lowest BCUT2D eigenvalue weighted by Gasteiger charge is -2.03.